The molecule has 0 saturated carbocycles. The van der Waals surface area contributed by atoms with Crippen molar-refractivity contribution in [1.82, 2.24) is 15.3 Å². The summed E-state index contributed by atoms with van der Waals surface area (Å²) < 4.78 is 39.3. The summed E-state index contributed by atoms with van der Waals surface area (Å²) in [5.41, 5.74) is -0.291. The third-order valence-corrected chi connectivity index (χ3v) is 4.27. The first kappa shape index (κ1) is 19.2. The van der Waals surface area contributed by atoms with Gasteiger partial charge >= 0.3 is 6.18 Å². The first-order valence-corrected chi connectivity index (χ1v) is 8.72. The van der Waals surface area contributed by atoms with Gasteiger partial charge in [0.2, 0.25) is 5.91 Å². The third-order valence-electron chi connectivity index (χ3n) is 3.42. The largest absolute Gasteiger partial charge is 0.433 e. The van der Waals surface area contributed by atoms with Crippen molar-refractivity contribution >= 4 is 17.7 Å². The van der Waals surface area contributed by atoms with Crippen molar-refractivity contribution in [3.8, 4) is 11.3 Å². The number of aromatic nitrogens is 2. The Morgan fingerprint density at radius 2 is 1.92 bits per heavy atom. The second-order valence-corrected chi connectivity index (χ2v) is 6.39. The minimum absolute atomic E-state index is 0.00964. The minimum atomic E-state index is -4.58. The predicted molar refractivity (Wildman–Crippen MR) is 91.1 cm³/mol. The maximum atomic E-state index is 13.1. The van der Waals surface area contributed by atoms with Crippen LogP contribution in [-0.2, 0) is 11.0 Å². The van der Waals surface area contributed by atoms with Crippen LogP contribution in [-0.4, -0.2) is 27.7 Å². The number of nitrogens with zero attached hydrogens (tertiary/aromatic N) is 2. The van der Waals surface area contributed by atoms with E-state index in [0.29, 0.717) is 5.56 Å². The zero-order chi connectivity index (χ0) is 18.4. The molecule has 0 aliphatic heterocycles. The molecule has 0 unspecified atom stereocenters. The highest BCUT2D eigenvalue weighted by atomic mass is 32.2. The van der Waals surface area contributed by atoms with Gasteiger partial charge in [-0.2, -0.15) is 13.2 Å². The summed E-state index contributed by atoms with van der Waals surface area (Å²) in [6.45, 7) is 3.79. The molecular formula is C17H18F3N3OS. The van der Waals surface area contributed by atoms with Gasteiger partial charge in [-0.05, 0) is 19.4 Å². The number of rotatable bonds is 6. The number of alkyl halides is 3. The lowest BCUT2D eigenvalue weighted by Crippen LogP contribution is -2.33. The zero-order valence-corrected chi connectivity index (χ0v) is 14.6. The molecule has 0 spiro atoms. The van der Waals surface area contributed by atoms with Crippen molar-refractivity contribution < 1.29 is 18.0 Å². The fourth-order valence-corrected chi connectivity index (χ4v) is 2.61. The molecule has 0 bridgehead atoms. The summed E-state index contributed by atoms with van der Waals surface area (Å²) in [4.78, 5) is 19.5. The molecule has 0 aliphatic rings. The molecule has 8 heteroatoms. The standard InChI is InChI=1S/C17H18F3N3OS/c1-3-11(2)21-15(24)10-25-16-22-13(12-7-5-4-6-8-12)9-14(23-16)17(18,19)20/h4-9,11H,3,10H2,1-2H3,(H,21,24)/t11-/m0/s1. The van der Waals surface area contributed by atoms with Crippen LogP contribution in [0.3, 0.4) is 0 Å². The number of amides is 1. The van der Waals surface area contributed by atoms with Crippen molar-refractivity contribution in [2.75, 3.05) is 5.75 Å². The van der Waals surface area contributed by atoms with E-state index in [1.165, 1.54) is 0 Å². The lowest BCUT2D eigenvalue weighted by Gasteiger charge is -2.12. The molecule has 0 fully saturated rings. The van der Waals surface area contributed by atoms with Crippen molar-refractivity contribution in [3.63, 3.8) is 0 Å². The maximum absolute atomic E-state index is 13.1. The zero-order valence-electron chi connectivity index (χ0n) is 13.8. The van der Waals surface area contributed by atoms with Gasteiger partial charge in [-0.1, -0.05) is 49.0 Å². The van der Waals surface area contributed by atoms with Crippen LogP contribution in [0.4, 0.5) is 13.2 Å². The predicted octanol–water partition coefficient (Wildman–Crippen LogP) is 4.17. The Bertz CT molecular complexity index is 723. The van der Waals surface area contributed by atoms with Crippen LogP contribution in [0.1, 0.15) is 26.0 Å². The normalized spacial score (nSPS) is 12.7. The van der Waals surface area contributed by atoms with Gasteiger partial charge in [0.1, 0.15) is 5.69 Å². The van der Waals surface area contributed by atoms with E-state index in [-0.39, 0.29) is 28.6 Å². The quantitative estimate of drug-likeness (QED) is 0.613. The number of benzene rings is 1. The molecule has 1 amide bonds. The van der Waals surface area contributed by atoms with Crippen LogP contribution in [0.5, 0.6) is 0 Å². The monoisotopic (exact) mass is 369 g/mol. The molecule has 25 heavy (non-hydrogen) atoms. The molecule has 0 radical (unpaired) electrons. The van der Waals surface area contributed by atoms with Crippen molar-refractivity contribution in [1.29, 1.82) is 0 Å². The van der Waals surface area contributed by atoms with Crippen molar-refractivity contribution in [3.05, 3.63) is 42.1 Å². The number of carbonyl (C=O) groups excluding carboxylic acids is 1. The molecule has 4 nitrogen and oxygen atoms in total. The van der Waals surface area contributed by atoms with Gasteiger partial charge in [-0.3, -0.25) is 4.79 Å². The highest BCUT2D eigenvalue weighted by molar-refractivity contribution is 7.99. The van der Waals surface area contributed by atoms with Crippen LogP contribution in [0.25, 0.3) is 11.3 Å². The molecule has 1 N–H and O–H groups in total. The second kappa shape index (κ2) is 8.33. The van der Waals surface area contributed by atoms with E-state index in [0.717, 1.165) is 24.2 Å². The van der Waals surface area contributed by atoms with E-state index in [1.54, 1.807) is 30.3 Å². The number of hydrogen-bond acceptors (Lipinski definition) is 4. The number of carbonyl (C=O) groups is 1. The third kappa shape index (κ3) is 5.74. The van der Waals surface area contributed by atoms with Gasteiger partial charge in [0.25, 0.3) is 0 Å². The number of nitrogens with one attached hydrogen (secondary N) is 1. The van der Waals surface area contributed by atoms with Gasteiger partial charge in [-0.15, -0.1) is 0 Å². The topological polar surface area (TPSA) is 54.9 Å². The Morgan fingerprint density at radius 3 is 2.52 bits per heavy atom. The number of halogens is 3. The van der Waals surface area contributed by atoms with Gasteiger partial charge in [0.15, 0.2) is 5.16 Å². The molecule has 1 atom stereocenters. The lowest BCUT2D eigenvalue weighted by molar-refractivity contribution is -0.141. The van der Waals surface area contributed by atoms with E-state index in [4.69, 9.17) is 0 Å². The average Bonchev–Trinajstić information content (AvgIpc) is 2.59. The van der Waals surface area contributed by atoms with E-state index in [9.17, 15) is 18.0 Å². The fourth-order valence-electron chi connectivity index (χ4n) is 1.94. The van der Waals surface area contributed by atoms with Gasteiger partial charge < -0.3 is 5.32 Å². The summed E-state index contributed by atoms with van der Waals surface area (Å²) in [5.74, 6) is -0.304. The van der Waals surface area contributed by atoms with E-state index < -0.39 is 11.9 Å². The molecule has 2 rings (SSSR count). The molecule has 0 aliphatic carbocycles. The Morgan fingerprint density at radius 1 is 1.24 bits per heavy atom. The summed E-state index contributed by atoms with van der Waals surface area (Å²) in [7, 11) is 0. The maximum Gasteiger partial charge on any atom is 0.433 e. The SMILES string of the molecule is CC[C@H](C)NC(=O)CSc1nc(-c2ccccc2)cc(C(F)(F)F)n1. The average molecular weight is 369 g/mol. The van der Waals surface area contributed by atoms with Crippen LogP contribution in [0.2, 0.25) is 0 Å². The van der Waals surface area contributed by atoms with E-state index >= 15 is 0 Å². The molecule has 2 aromatic rings. The Kier molecular flexibility index (Phi) is 6.41. The van der Waals surface area contributed by atoms with Gasteiger partial charge in [0.05, 0.1) is 11.4 Å². The Hall–Kier alpha value is -2.09. The first-order valence-electron chi connectivity index (χ1n) is 7.73. The summed E-state index contributed by atoms with van der Waals surface area (Å²) >= 11 is 0.886. The fraction of sp³-hybridized carbons (Fsp3) is 0.353. The molecular weight excluding hydrogens is 351 g/mol. The lowest BCUT2D eigenvalue weighted by atomic mass is 10.1. The van der Waals surface area contributed by atoms with E-state index in [1.807, 2.05) is 13.8 Å². The molecule has 0 saturated heterocycles. The molecule has 1 aromatic carbocycles. The first-order chi connectivity index (χ1) is 11.8. The van der Waals surface area contributed by atoms with Crippen LogP contribution >= 0.6 is 11.8 Å². The highest BCUT2D eigenvalue weighted by Gasteiger charge is 2.33. The van der Waals surface area contributed by atoms with Crippen molar-refractivity contribution in [2.24, 2.45) is 0 Å². The van der Waals surface area contributed by atoms with Gasteiger partial charge in [-0.25, -0.2) is 9.97 Å². The Labute approximate surface area is 148 Å². The number of thioether (sulfide) groups is 1. The molecule has 1 heterocycles. The van der Waals surface area contributed by atoms with Crippen LogP contribution in [0.15, 0.2) is 41.6 Å². The van der Waals surface area contributed by atoms with Crippen LogP contribution in [0, 0.1) is 0 Å². The summed E-state index contributed by atoms with van der Waals surface area (Å²) in [6, 6.07) is 9.48. The summed E-state index contributed by atoms with van der Waals surface area (Å²) in [5, 5.41) is 2.68. The number of hydrogen-bond donors (Lipinski definition) is 1. The van der Waals surface area contributed by atoms with Gasteiger partial charge in [0, 0.05) is 11.6 Å². The smallest absolute Gasteiger partial charge is 0.353 e. The summed E-state index contributed by atoms with van der Waals surface area (Å²) in [6.07, 6.45) is -3.81. The van der Waals surface area contributed by atoms with E-state index in [2.05, 4.69) is 15.3 Å². The Balaban J connectivity index is 2.24. The van der Waals surface area contributed by atoms with Crippen molar-refractivity contribution in [2.45, 2.75) is 37.6 Å². The van der Waals surface area contributed by atoms with Crippen LogP contribution < -0.4 is 5.32 Å². The second-order valence-electron chi connectivity index (χ2n) is 5.45. The molecule has 134 valence electrons. The molecule has 1 aromatic heterocycles. The highest BCUT2D eigenvalue weighted by Crippen LogP contribution is 2.31. The minimum Gasteiger partial charge on any atom is -0.353 e.